The molecular formula is C16H28N4O. The summed E-state index contributed by atoms with van der Waals surface area (Å²) >= 11 is 0. The van der Waals surface area contributed by atoms with E-state index in [9.17, 15) is 0 Å². The van der Waals surface area contributed by atoms with Gasteiger partial charge >= 0.3 is 0 Å². The first-order valence-electron chi connectivity index (χ1n) is 7.85. The van der Waals surface area contributed by atoms with Crippen molar-refractivity contribution in [3.63, 3.8) is 0 Å². The van der Waals surface area contributed by atoms with Crippen LogP contribution in [-0.4, -0.2) is 46.9 Å². The summed E-state index contributed by atoms with van der Waals surface area (Å²) in [6, 6.07) is 4.39. The Morgan fingerprint density at radius 1 is 1.29 bits per heavy atom. The zero-order valence-corrected chi connectivity index (χ0v) is 13.7. The Balaban J connectivity index is 1.79. The van der Waals surface area contributed by atoms with Gasteiger partial charge < -0.3 is 15.0 Å². The van der Waals surface area contributed by atoms with E-state index in [2.05, 4.69) is 48.2 Å². The second-order valence-electron chi connectivity index (χ2n) is 6.91. The third-order valence-corrected chi connectivity index (χ3v) is 3.84. The predicted octanol–water partition coefficient (Wildman–Crippen LogP) is 2.23. The molecule has 1 aromatic rings. The van der Waals surface area contributed by atoms with Crippen LogP contribution >= 0.6 is 0 Å². The Morgan fingerprint density at radius 2 is 2.10 bits per heavy atom. The van der Waals surface area contributed by atoms with Crippen molar-refractivity contribution in [2.24, 2.45) is 0 Å². The summed E-state index contributed by atoms with van der Waals surface area (Å²) in [4.78, 5) is 2.37. The normalized spacial score (nSPS) is 20.5. The van der Waals surface area contributed by atoms with E-state index in [0.29, 0.717) is 18.5 Å². The number of piperidine rings is 1. The largest absolute Gasteiger partial charge is 0.475 e. The van der Waals surface area contributed by atoms with Gasteiger partial charge in [0.1, 0.15) is 6.61 Å². The molecule has 5 nitrogen and oxygen atoms in total. The first-order chi connectivity index (χ1) is 9.94. The molecule has 1 unspecified atom stereocenters. The van der Waals surface area contributed by atoms with Crippen LogP contribution in [0.2, 0.25) is 0 Å². The lowest BCUT2D eigenvalue weighted by Crippen LogP contribution is -2.40. The first-order valence-corrected chi connectivity index (χ1v) is 7.85. The molecule has 0 bridgehead atoms. The van der Waals surface area contributed by atoms with Crippen LogP contribution in [0.1, 0.15) is 45.7 Å². The van der Waals surface area contributed by atoms with Gasteiger partial charge in [-0.1, -0.05) is 6.42 Å². The number of nitrogens with zero attached hydrogens (tertiary/aromatic N) is 3. The highest BCUT2D eigenvalue weighted by molar-refractivity contribution is 5.11. The highest BCUT2D eigenvalue weighted by atomic mass is 16.5. The Bertz CT molecular complexity index is 427. The quantitative estimate of drug-likeness (QED) is 0.902. The monoisotopic (exact) mass is 292 g/mol. The van der Waals surface area contributed by atoms with Crippen LogP contribution in [-0.2, 0) is 6.54 Å². The lowest BCUT2D eigenvalue weighted by molar-refractivity contribution is 0.122. The van der Waals surface area contributed by atoms with Gasteiger partial charge in [0.15, 0.2) is 0 Å². The number of aromatic nitrogens is 2. The molecule has 1 aromatic heterocycles. The Morgan fingerprint density at radius 3 is 2.71 bits per heavy atom. The van der Waals surface area contributed by atoms with Gasteiger partial charge in [0.05, 0.1) is 5.69 Å². The van der Waals surface area contributed by atoms with Gasteiger partial charge in [0.2, 0.25) is 5.88 Å². The minimum Gasteiger partial charge on any atom is -0.475 e. The first kappa shape index (κ1) is 16.2. The van der Waals surface area contributed by atoms with E-state index in [4.69, 9.17) is 4.74 Å². The van der Waals surface area contributed by atoms with E-state index in [-0.39, 0.29) is 5.54 Å². The summed E-state index contributed by atoms with van der Waals surface area (Å²) in [7, 11) is 2.17. The molecule has 1 aliphatic heterocycles. The van der Waals surface area contributed by atoms with Crippen molar-refractivity contribution in [3.05, 3.63) is 17.8 Å². The van der Waals surface area contributed by atoms with Gasteiger partial charge in [-0.3, -0.25) is 0 Å². The molecule has 1 N–H and O–H groups in total. The fraction of sp³-hybridized carbons (Fsp3) is 0.750. The van der Waals surface area contributed by atoms with Crippen LogP contribution in [0.25, 0.3) is 0 Å². The Labute approximate surface area is 128 Å². The van der Waals surface area contributed by atoms with Crippen LogP contribution in [0, 0.1) is 0 Å². The average Bonchev–Trinajstić information content (AvgIpc) is 2.45. The van der Waals surface area contributed by atoms with Gasteiger partial charge in [0.25, 0.3) is 0 Å². The molecule has 5 heteroatoms. The molecular weight excluding hydrogens is 264 g/mol. The van der Waals surface area contributed by atoms with Crippen molar-refractivity contribution >= 4 is 0 Å². The number of rotatable bonds is 5. The minimum atomic E-state index is 0.0857. The molecule has 0 saturated carbocycles. The molecule has 118 valence electrons. The molecule has 1 aliphatic rings. The lowest BCUT2D eigenvalue weighted by atomic mass is 10.0. The second-order valence-corrected chi connectivity index (χ2v) is 6.91. The van der Waals surface area contributed by atoms with Crippen molar-refractivity contribution < 1.29 is 4.74 Å². The number of likely N-dealkylation sites (N-methyl/N-ethyl adjacent to an activating group) is 1. The molecule has 21 heavy (non-hydrogen) atoms. The topological polar surface area (TPSA) is 50.3 Å². The maximum Gasteiger partial charge on any atom is 0.233 e. The van der Waals surface area contributed by atoms with Gasteiger partial charge in [-0.25, -0.2) is 0 Å². The standard InChI is InChI=1S/C16H28N4O/c1-16(2,3)17-11-13-8-9-15(19-18-13)21-12-14-7-5-6-10-20(14)4/h8-9,14,17H,5-7,10-12H2,1-4H3. The number of ether oxygens (including phenoxy) is 1. The predicted molar refractivity (Wildman–Crippen MR) is 84.4 cm³/mol. The number of nitrogens with one attached hydrogen (secondary N) is 1. The summed E-state index contributed by atoms with van der Waals surface area (Å²) < 4.78 is 5.78. The van der Waals surface area contributed by atoms with Crippen LogP contribution < -0.4 is 10.1 Å². The molecule has 0 radical (unpaired) electrons. The maximum absolute atomic E-state index is 5.78. The summed E-state index contributed by atoms with van der Waals surface area (Å²) in [5.41, 5.74) is 1.02. The summed E-state index contributed by atoms with van der Waals surface area (Å²) in [6.45, 7) is 9.00. The van der Waals surface area contributed by atoms with Crippen LogP contribution in [0.5, 0.6) is 5.88 Å². The number of likely N-dealkylation sites (tertiary alicyclic amines) is 1. The van der Waals surface area contributed by atoms with Crippen molar-refractivity contribution in [1.29, 1.82) is 0 Å². The SMILES string of the molecule is CN1CCCCC1COc1ccc(CNC(C)(C)C)nn1. The minimum absolute atomic E-state index is 0.0857. The van der Waals surface area contributed by atoms with E-state index < -0.39 is 0 Å². The molecule has 0 amide bonds. The fourth-order valence-electron chi connectivity index (χ4n) is 2.41. The third kappa shape index (κ3) is 5.59. The van der Waals surface area contributed by atoms with Crippen LogP contribution in [0.15, 0.2) is 12.1 Å². The summed E-state index contributed by atoms with van der Waals surface area (Å²) in [5, 5.41) is 11.8. The Kier molecular flexibility index (Phi) is 5.53. The Hall–Kier alpha value is -1.20. The van der Waals surface area contributed by atoms with Gasteiger partial charge in [-0.05, 0) is 53.3 Å². The molecule has 0 spiro atoms. The van der Waals surface area contributed by atoms with E-state index >= 15 is 0 Å². The van der Waals surface area contributed by atoms with Gasteiger partial charge in [-0.2, -0.15) is 5.10 Å². The molecule has 0 aliphatic carbocycles. The highest BCUT2D eigenvalue weighted by Gasteiger charge is 2.19. The van der Waals surface area contributed by atoms with Crippen molar-refractivity contribution in [2.45, 2.75) is 58.2 Å². The van der Waals surface area contributed by atoms with Crippen molar-refractivity contribution in [1.82, 2.24) is 20.4 Å². The van der Waals surface area contributed by atoms with Crippen molar-refractivity contribution in [3.8, 4) is 5.88 Å². The summed E-state index contributed by atoms with van der Waals surface area (Å²) in [6.07, 6.45) is 3.79. The van der Waals surface area contributed by atoms with Crippen LogP contribution in [0.4, 0.5) is 0 Å². The van der Waals surface area contributed by atoms with Crippen molar-refractivity contribution in [2.75, 3.05) is 20.2 Å². The fourth-order valence-corrected chi connectivity index (χ4v) is 2.41. The smallest absolute Gasteiger partial charge is 0.233 e. The van der Waals surface area contributed by atoms with E-state index in [1.54, 1.807) is 0 Å². The zero-order chi connectivity index (χ0) is 15.3. The average molecular weight is 292 g/mol. The highest BCUT2D eigenvalue weighted by Crippen LogP contribution is 2.16. The lowest BCUT2D eigenvalue weighted by Gasteiger charge is -2.31. The molecule has 1 fully saturated rings. The van der Waals surface area contributed by atoms with E-state index in [0.717, 1.165) is 18.8 Å². The second kappa shape index (κ2) is 7.18. The van der Waals surface area contributed by atoms with Gasteiger partial charge in [0, 0.05) is 24.2 Å². The van der Waals surface area contributed by atoms with E-state index in [1.165, 1.54) is 19.3 Å². The van der Waals surface area contributed by atoms with E-state index in [1.807, 2.05) is 12.1 Å². The molecule has 2 heterocycles. The van der Waals surface area contributed by atoms with Crippen LogP contribution in [0.3, 0.4) is 0 Å². The molecule has 1 saturated heterocycles. The molecule has 1 atom stereocenters. The number of hydrogen-bond donors (Lipinski definition) is 1. The molecule has 2 rings (SSSR count). The third-order valence-electron chi connectivity index (χ3n) is 3.84. The van der Waals surface area contributed by atoms with Gasteiger partial charge in [-0.15, -0.1) is 5.10 Å². The maximum atomic E-state index is 5.78. The zero-order valence-electron chi connectivity index (χ0n) is 13.7. The summed E-state index contributed by atoms with van der Waals surface area (Å²) in [5.74, 6) is 0.619. The number of hydrogen-bond acceptors (Lipinski definition) is 5. The molecule has 0 aromatic carbocycles.